The van der Waals surface area contributed by atoms with Gasteiger partial charge in [-0.3, -0.25) is 4.68 Å². The maximum atomic E-state index is 12.0. The van der Waals surface area contributed by atoms with E-state index in [0.29, 0.717) is 5.69 Å². The lowest BCUT2D eigenvalue weighted by Crippen LogP contribution is -2.11. The Bertz CT molecular complexity index is 336. The van der Waals surface area contributed by atoms with Gasteiger partial charge in [-0.15, -0.1) is 0 Å². The highest BCUT2D eigenvalue weighted by atomic mass is 19.3. The average molecular weight is 204 g/mol. The van der Waals surface area contributed by atoms with Crippen molar-refractivity contribution in [3.05, 3.63) is 17.5 Å². The Hall–Kier alpha value is -1.46. The van der Waals surface area contributed by atoms with E-state index in [9.17, 15) is 13.6 Å². The van der Waals surface area contributed by atoms with E-state index >= 15 is 0 Å². The van der Waals surface area contributed by atoms with Crippen molar-refractivity contribution in [2.45, 2.75) is 19.9 Å². The van der Waals surface area contributed by atoms with Gasteiger partial charge in [0, 0.05) is 5.69 Å². The number of methoxy groups -OCH3 is 1. The van der Waals surface area contributed by atoms with Crippen LogP contribution < -0.4 is 0 Å². The van der Waals surface area contributed by atoms with Crippen LogP contribution in [0.3, 0.4) is 0 Å². The maximum Gasteiger partial charge on any atom is 0.358 e. The van der Waals surface area contributed by atoms with E-state index in [1.807, 2.05) is 0 Å². The molecule has 0 saturated heterocycles. The Balaban J connectivity index is 2.87. The third-order valence-electron chi connectivity index (χ3n) is 1.69. The lowest BCUT2D eigenvalue weighted by molar-refractivity contribution is 0.0590. The van der Waals surface area contributed by atoms with Crippen molar-refractivity contribution in [2.75, 3.05) is 7.11 Å². The van der Waals surface area contributed by atoms with Gasteiger partial charge in [-0.25, -0.2) is 13.6 Å². The number of hydrogen-bond acceptors (Lipinski definition) is 3. The standard InChI is InChI=1S/C8H10F2N2O2/c1-5-3-6(8(13)14-2)11-12(5)4-7(9)10/h3,7H,4H2,1-2H3. The molecule has 14 heavy (non-hydrogen) atoms. The maximum absolute atomic E-state index is 12.0. The Labute approximate surface area is 79.5 Å². The molecular weight excluding hydrogens is 194 g/mol. The molecule has 0 spiro atoms. The van der Waals surface area contributed by atoms with Crippen molar-refractivity contribution in [2.24, 2.45) is 0 Å². The smallest absolute Gasteiger partial charge is 0.358 e. The first kappa shape index (κ1) is 10.6. The highest BCUT2D eigenvalue weighted by Crippen LogP contribution is 2.07. The van der Waals surface area contributed by atoms with E-state index in [4.69, 9.17) is 0 Å². The zero-order valence-electron chi connectivity index (χ0n) is 7.83. The van der Waals surface area contributed by atoms with Gasteiger partial charge in [-0.1, -0.05) is 0 Å². The largest absolute Gasteiger partial charge is 0.464 e. The van der Waals surface area contributed by atoms with Gasteiger partial charge in [0.15, 0.2) is 5.69 Å². The molecule has 1 aromatic heterocycles. The minimum absolute atomic E-state index is 0.0469. The summed E-state index contributed by atoms with van der Waals surface area (Å²) in [5.74, 6) is -0.624. The SMILES string of the molecule is COC(=O)c1cc(C)n(CC(F)F)n1. The van der Waals surface area contributed by atoms with Gasteiger partial charge in [0.25, 0.3) is 6.43 Å². The van der Waals surface area contributed by atoms with Gasteiger partial charge >= 0.3 is 5.97 Å². The molecule has 0 bridgehead atoms. The summed E-state index contributed by atoms with van der Waals surface area (Å²) in [6.45, 7) is 1.09. The third-order valence-corrected chi connectivity index (χ3v) is 1.69. The molecule has 0 aliphatic heterocycles. The van der Waals surface area contributed by atoms with Crippen LogP contribution in [0.2, 0.25) is 0 Å². The molecule has 0 aliphatic rings. The van der Waals surface area contributed by atoms with Crippen molar-refractivity contribution in [3.63, 3.8) is 0 Å². The van der Waals surface area contributed by atoms with Crippen LogP contribution in [0.1, 0.15) is 16.2 Å². The molecule has 0 radical (unpaired) electrons. The van der Waals surface area contributed by atoms with Crippen molar-refractivity contribution in [3.8, 4) is 0 Å². The molecule has 0 unspecified atom stereocenters. The summed E-state index contributed by atoms with van der Waals surface area (Å²) >= 11 is 0. The van der Waals surface area contributed by atoms with Crippen LogP contribution in [0.4, 0.5) is 8.78 Å². The molecule has 0 aromatic carbocycles. The highest BCUT2D eigenvalue weighted by molar-refractivity contribution is 5.87. The van der Waals surface area contributed by atoms with Crippen LogP contribution in [0, 0.1) is 6.92 Å². The van der Waals surface area contributed by atoms with E-state index in [-0.39, 0.29) is 5.69 Å². The minimum Gasteiger partial charge on any atom is -0.464 e. The predicted molar refractivity (Wildman–Crippen MR) is 44.3 cm³/mol. The molecule has 6 heteroatoms. The number of aromatic nitrogens is 2. The Morgan fingerprint density at radius 1 is 1.71 bits per heavy atom. The Kier molecular flexibility index (Phi) is 3.16. The predicted octanol–water partition coefficient (Wildman–Crippen LogP) is 1.24. The second-order valence-corrected chi connectivity index (χ2v) is 2.74. The normalized spacial score (nSPS) is 10.6. The van der Waals surface area contributed by atoms with Crippen LogP contribution >= 0.6 is 0 Å². The van der Waals surface area contributed by atoms with Crippen LogP contribution in [0.15, 0.2) is 6.07 Å². The van der Waals surface area contributed by atoms with Gasteiger partial charge < -0.3 is 4.74 Å². The molecule has 0 atom stereocenters. The number of ether oxygens (including phenoxy) is 1. The Morgan fingerprint density at radius 3 is 2.86 bits per heavy atom. The lowest BCUT2D eigenvalue weighted by atomic mass is 10.4. The number of hydrogen-bond donors (Lipinski definition) is 0. The van der Waals surface area contributed by atoms with Crippen LogP contribution in [-0.2, 0) is 11.3 Å². The van der Waals surface area contributed by atoms with Crippen molar-refractivity contribution in [1.29, 1.82) is 0 Å². The summed E-state index contributed by atoms with van der Waals surface area (Å²) < 4.78 is 29.5. The van der Waals surface area contributed by atoms with Crippen molar-refractivity contribution >= 4 is 5.97 Å². The number of carbonyl (C=O) groups excluding carboxylic acids is 1. The number of aryl methyl sites for hydroxylation is 1. The molecule has 4 nitrogen and oxygen atoms in total. The number of alkyl halides is 2. The molecular formula is C8H10F2N2O2. The first-order chi connectivity index (χ1) is 6.54. The zero-order chi connectivity index (χ0) is 10.7. The van der Waals surface area contributed by atoms with Gasteiger partial charge in [-0.05, 0) is 13.0 Å². The fraction of sp³-hybridized carbons (Fsp3) is 0.500. The Morgan fingerprint density at radius 2 is 2.36 bits per heavy atom. The molecule has 0 amide bonds. The first-order valence-corrected chi connectivity index (χ1v) is 3.95. The van der Waals surface area contributed by atoms with Crippen LogP contribution in [0.5, 0.6) is 0 Å². The van der Waals surface area contributed by atoms with Crippen molar-refractivity contribution in [1.82, 2.24) is 9.78 Å². The summed E-state index contributed by atoms with van der Waals surface area (Å²) in [5, 5.41) is 3.68. The topological polar surface area (TPSA) is 44.1 Å². The first-order valence-electron chi connectivity index (χ1n) is 3.95. The van der Waals surface area contributed by atoms with Crippen LogP contribution in [0.25, 0.3) is 0 Å². The quantitative estimate of drug-likeness (QED) is 0.696. The number of halogens is 2. The van der Waals surface area contributed by atoms with Crippen LogP contribution in [-0.4, -0.2) is 29.3 Å². The molecule has 0 aliphatic carbocycles. The molecule has 1 heterocycles. The number of esters is 1. The van der Waals surface area contributed by atoms with Gasteiger partial charge in [-0.2, -0.15) is 5.10 Å². The monoisotopic (exact) mass is 204 g/mol. The van der Waals surface area contributed by atoms with Gasteiger partial charge in [0.1, 0.15) is 6.54 Å². The zero-order valence-corrected chi connectivity index (χ0v) is 7.83. The van der Waals surface area contributed by atoms with E-state index in [1.54, 1.807) is 6.92 Å². The van der Waals surface area contributed by atoms with E-state index in [2.05, 4.69) is 9.84 Å². The fourth-order valence-corrected chi connectivity index (χ4v) is 1.03. The third kappa shape index (κ3) is 2.27. The molecule has 78 valence electrons. The molecule has 0 fully saturated rings. The van der Waals surface area contributed by atoms with E-state index in [0.717, 1.165) is 4.68 Å². The van der Waals surface area contributed by atoms with Gasteiger partial charge in [0.05, 0.1) is 7.11 Å². The lowest BCUT2D eigenvalue weighted by Gasteiger charge is -2.01. The average Bonchev–Trinajstić information content (AvgIpc) is 2.46. The number of carbonyl (C=O) groups is 1. The van der Waals surface area contributed by atoms with E-state index in [1.165, 1.54) is 13.2 Å². The second kappa shape index (κ2) is 4.17. The summed E-state index contributed by atoms with van der Waals surface area (Å²) in [5.41, 5.74) is 0.552. The van der Waals surface area contributed by atoms with E-state index < -0.39 is 18.9 Å². The fourth-order valence-electron chi connectivity index (χ4n) is 1.03. The highest BCUT2D eigenvalue weighted by Gasteiger charge is 2.14. The minimum atomic E-state index is -2.49. The molecule has 1 aromatic rings. The summed E-state index contributed by atoms with van der Waals surface area (Å²) in [7, 11) is 1.21. The van der Waals surface area contributed by atoms with Crippen molar-refractivity contribution < 1.29 is 18.3 Å². The van der Waals surface area contributed by atoms with Gasteiger partial charge in [0.2, 0.25) is 0 Å². The summed E-state index contributed by atoms with van der Waals surface area (Å²) in [6.07, 6.45) is -2.49. The molecule has 0 N–H and O–H groups in total. The molecule has 1 rings (SSSR count). The molecule has 0 saturated carbocycles. The summed E-state index contributed by atoms with van der Waals surface area (Å²) in [6, 6.07) is 1.41. The second-order valence-electron chi connectivity index (χ2n) is 2.74. The number of nitrogens with zero attached hydrogens (tertiary/aromatic N) is 2. The summed E-state index contributed by atoms with van der Waals surface area (Å²) in [4.78, 5) is 11.0. The number of rotatable bonds is 3.